The molecule has 0 spiro atoms. The summed E-state index contributed by atoms with van der Waals surface area (Å²) in [5.74, 6) is -0.481. The molecule has 0 saturated heterocycles. The van der Waals surface area contributed by atoms with E-state index in [0.29, 0.717) is 0 Å². The third-order valence-corrected chi connectivity index (χ3v) is 2.50. The van der Waals surface area contributed by atoms with E-state index in [1.165, 1.54) is 13.2 Å². The van der Waals surface area contributed by atoms with Gasteiger partial charge in [-0.15, -0.1) is 0 Å². The minimum Gasteiger partial charge on any atom is -0.467 e. The van der Waals surface area contributed by atoms with Gasteiger partial charge in [0.15, 0.2) is 6.04 Å². The zero-order chi connectivity index (χ0) is 13.2. The van der Waals surface area contributed by atoms with Crippen molar-refractivity contribution in [2.45, 2.75) is 39.2 Å². The molecule has 1 heterocycles. The molecule has 1 atom stereocenters. The van der Waals surface area contributed by atoms with Crippen molar-refractivity contribution in [3.05, 3.63) is 28.2 Å². The quantitative estimate of drug-likeness (QED) is 0.728. The molecule has 1 aromatic heterocycles. The Bertz CT molecular complexity index is 471. The molecule has 0 unspecified atom stereocenters. The number of nitrogens with zero attached hydrogens (tertiary/aromatic N) is 2. The molecule has 0 aromatic carbocycles. The Balaban J connectivity index is 3.25. The molecule has 1 rings (SSSR count). The minimum absolute atomic E-state index is 0.175. The topological polar surface area (TPSA) is 61.2 Å². The summed E-state index contributed by atoms with van der Waals surface area (Å²) in [5, 5.41) is 4.22. The summed E-state index contributed by atoms with van der Waals surface area (Å²) in [6, 6.07) is 2.39. The fraction of sp³-hybridized carbons (Fsp3) is 0.583. The second kappa shape index (κ2) is 4.69. The van der Waals surface area contributed by atoms with Gasteiger partial charge in [0.1, 0.15) is 0 Å². The molecule has 0 N–H and O–H groups in total. The van der Waals surface area contributed by atoms with Gasteiger partial charge in [-0.3, -0.25) is 4.79 Å². The first-order valence-corrected chi connectivity index (χ1v) is 5.45. The Morgan fingerprint density at radius 3 is 2.47 bits per heavy atom. The summed E-state index contributed by atoms with van der Waals surface area (Å²) in [6.07, 6.45) is 0. The van der Waals surface area contributed by atoms with Crippen molar-refractivity contribution >= 4 is 5.97 Å². The van der Waals surface area contributed by atoms with Gasteiger partial charge < -0.3 is 4.74 Å². The first kappa shape index (κ1) is 13.4. The normalized spacial score (nSPS) is 13.2. The van der Waals surface area contributed by atoms with E-state index in [4.69, 9.17) is 0 Å². The molecule has 0 aliphatic heterocycles. The highest BCUT2D eigenvalue weighted by Crippen LogP contribution is 2.18. The predicted molar refractivity (Wildman–Crippen MR) is 63.9 cm³/mol. The zero-order valence-electron chi connectivity index (χ0n) is 10.9. The van der Waals surface area contributed by atoms with Crippen molar-refractivity contribution in [3.63, 3.8) is 0 Å². The first-order valence-electron chi connectivity index (χ1n) is 5.45. The average Bonchev–Trinajstić information content (AvgIpc) is 2.26. The molecule has 0 amide bonds. The first-order chi connectivity index (χ1) is 7.77. The zero-order valence-corrected chi connectivity index (χ0v) is 10.9. The SMILES string of the molecule is COC(=O)[C@@H](C)n1nc(C(C)(C)C)ccc1=O. The van der Waals surface area contributed by atoms with Crippen LogP contribution in [0.25, 0.3) is 0 Å². The molecule has 0 saturated carbocycles. The second-order valence-electron chi connectivity index (χ2n) is 4.95. The highest BCUT2D eigenvalue weighted by atomic mass is 16.5. The number of esters is 1. The molecule has 0 fully saturated rings. The summed E-state index contributed by atoms with van der Waals surface area (Å²) in [5.41, 5.74) is 0.273. The molecule has 0 bridgehead atoms. The number of carbonyl (C=O) groups is 1. The van der Waals surface area contributed by atoms with Crippen molar-refractivity contribution in [2.24, 2.45) is 0 Å². The van der Waals surface area contributed by atoms with Crippen LogP contribution >= 0.6 is 0 Å². The van der Waals surface area contributed by atoms with Crippen molar-refractivity contribution < 1.29 is 9.53 Å². The molecule has 0 aliphatic rings. The number of hydrogen-bond acceptors (Lipinski definition) is 4. The molecule has 1 aromatic rings. The van der Waals surface area contributed by atoms with E-state index in [0.717, 1.165) is 10.4 Å². The number of methoxy groups -OCH3 is 1. The lowest BCUT2D eigenvalue weighted by molar-refractivity contribution is -0.144. The van der Waals surface area contributed by atoms with Gasteiger partial charge in [-0.05, 0) is 13.0 Å². The van der Waals surface area contributed by atoms with Crippen LogP contribution in [-0.4, -0.2) is 22.9 Å². The highest BCUT2D eigenvalue weighted by Gasteiger charge is 2.21. The maximum absolute atomic E-state index is 11.7. The molecule has 0 radical (unpaired) electrons. The van der Waals surface area contributed by atoms with Crippen LogP contribution in [0.1, 0.15) is 39.4 Å². The Hall–Kier alpha value is -1.65. The number of rotatable bonds is 2. The average molecular weight is 238 g/mol. The molecular weight excluding hydrogens is 220 g/mol. The van der Waals surface area contributed by atoms with Crippen molar-refractivity contribution in [3.8, 4) is 0 Å². The van der Waals surface area contributed by atoms with Crippen LogP contribution in [0.5, 0.6) is 0 Å². The van der Waals surface area contributed by atoms with Gasteiger partial charge in [-0.2, -0.15) is 5.10 Å². The van der Waals surface area contributed by atoms with Gasteiger partial charge in [0.2, 0.25) is 0 Å². The summed E-state index contributed by atoms with van der Waals surface area (Å²) < 4.78 is 5.77. The summed E-state index contributed by atoms with van der Waals surface area (Å²) >= 11 is 0. The lowest BCUT2D eigenvalue weighted by atomic mass is 9.92. The molecule has 5 nitrogen and oxygen atoms in total. The van der Waals surface area contributed by atoms with Crippen molar-refractivity contribution in [2.75, 3.05) is 7.11 Å². The van der Waals surface area contributed by atoms with Gasteiger partial charge in [-0.1, -0.05) is 20.8 Å². The molecule has 0 aliphatic carbocycles. The lowest BCUT2D eigenvalue weighted by Crippen LogP contribution is -2.32. The van der Waals surface area contributed by atoms with Gasteiger partial charge in [-0.25, -0.2) is 9.48 Å². The smallest absolute Gasteiger partial charge is 0.330 e. The highest BCUT2D eigenvalue weighted by molar-refractivity contribution is 5.73. The van der Waals surface area contributed by atoms with E-state index in [1.807, 2.05) is 20.8 Å². The molecule has 17 heavy (non-hydrogen) atoms. The van der Waals surface area contributed by atoms with Crippen LogP contribution < -0.4 is 5.56 Å². The van der Waals surface area contributed by atoms with Crippen LogP contribution in [0.3, 0.4) is 0 Å². The third-order valence-electron chi connectivity index (χ3n) is 2.50. The Kier molecular flexibility index (Phi) is 3.70. The van der Waals surface area contributed by atoms with Crippen LogP contribution in [0.2, 0.25) is 0 Å². The Labute approximate surface area is 100 Å². The minimum atomic E-state index is -0.713. The monoisotopic (exact) mass is 238 g/mol. The third kappa shape index (κ3) is 2.93. The second-order valence-corrected chi connectivity index (χ2v) is 4.95. The van der Waals surface area contributed by atoms with Crippen molar-refractivity contribution in [1.29, 1.82) is 0 Å². The maximum atomic E-state index is 11.7. The fourth-order valence-electron chi connectivity index (χ4n) is 1.37. The predicted octanol–water partition coefficient (Wildman–Crippen LogP) is 1.27. The fourth-order valence-corrected chi connectivity index (χ4v) is 1.37. The van der Waals surface area contributed by atoms with Gasteiger partial charge in [0, 0.05) is 11.5 Å². The Morgan fingerprint density at radius 1 is 1.41 bits per heavy atom. The lowest BCUT2D eigenvalue weighted by Gasteiger charge is -2.20. The standard InChI is InChI=1S/C12H18N2O3/c1-8(11(16)17-5)14-10(15)7-6-9(13-14)12(2,3)4/h6-8H,1-5H3/t8-/m1/s1. The number of carbonyl (C=O) groups excluding carboxylic acids is 1. The van der Waals surface area contributed by atoms with Crippen LogP contribution in [0.4, 0.5) is 0 Å². The summed E-state index contributed by atoms with van der Waals surface area (Å²) in [4.78, 5) is 23.1. The molecular formula is C12H18N2O3. The van der Waals surface area contributed by atoms with Crippen LogP contribution in [0.15, 0.2) is 16.9 Å². The Morgan fingerprint density at radius 2 is 2.00 bits per heavy atom. The van der Waals surface area contributed by atoms with E-state index in [2.05, 4.69) is 9.84 Å². The molecule has 94 valence electrons. The van der Waals surface area contributed by atoms with E-state index in [1.54, 1.807) is 13.0 Å². The van der Waals surface area contributed by atoms with Crippen LogP contribution in [-0.2, 0) is 14.9 Å². The van der Waals surface area contributed by atoms with Crippen LogP contribution in [0, 0.1) is 0 Å². The van der Waals surface area contributed by atoms with Gasteiger partial charge >= 0.3 is 5.97 Å². The van der Waals surface area contributed by atoms with E-state index >= 15 is 0 Å². The largest absolute Gasteiger partial charge is 0.467 e. The summed E-state index contributed by atoms with van der Waals surface area (Å²) in [6.45, 7) is 7.57. The molecule has 5 heteroatoms. The van der Waals surface area contributed by atoms with Gasteiger partial charge in [0.25, 0.3) is 5.56 Å². The van der Waals surface area contributed by atoms with E-state index in [-0.39, 0.29) is 11.0 Å². The number of aromatic nitrogens is 2. The van der Waals surface area contributed by atoms with E-state index < -0.39 is 12.0 Å². The summed E-state index contributed by atoms with van der Waals surface area (Å²) in [7, 11) is 1.29. The number of ether oxygens (including phenoxy) is 1. The van der Waals surface area contributed by atoms with Gasteiger partial charge in [0.05, 0.1) is 12.8 Å². The van der Waals surface area contributed by atoms with E-state index in [9.17, 15) is 9.59 Å². The maximum Gasteiger partial charge on any atom is 0.330 e. The van der Waals surface area contributed by atoms with Crippen molar-refractivity contribution in [1.82, 2.24) is 9.78 Å². The number of hydrogen-bond donors (Lipinski definition) is 0.